The van der Waals surface area contributed by atoms with E-state index in [0.717, 1.165) is 32.1 Å². The minimum atomic E-state index is -4.49. The molecule has 1 unspecified atom stereocenters. The first-order valence-electron chi connectivity index (χ1n) is 13.6. The van der Waals surface area contributed by atoms with E-state index in [-0.39, 0.29) is 18.4 Å². The summed E-state index contributed by atoms with van der Waals surface area (Å²) in [4.78, 5) is 25.2. The molecule has 3 aliphatic rings. The van der Waals surface area contributed by atoms with E-state index in [1.54, 1.807) is 12.1 Å². The highest BCUT2D eigenvalue weighted by Crippen LogP contribution is 2.57. The number of methoxy groups -OCH3 is 1. The minimum absolute atomic E-state index is 0.132. The van der Waals surface area contributed by atoms with Crippen molar-refractivity contribution < 1.29 is 52.7 Å². The van der Waals surface area contributed by atoms with E-state index < -0.39 is 62.9 Å². The number of aliphatic hydroxyl groups is 3. The van der Waals surface area contributed by atoms with E-state index >= 15 is 0 Å². The van der Waals surface area contributed by atoms with Crippen molar-refractivity contribution in [3.8, 4) is 11.5 Å². The quantitative estimate of drug-likeness (QED) is 0.230. The van der Waals surface area contributed by atoms with Gasteiger partial charge < -0.3 is 39.4 Å². The van der Waals surface area contributed by atoms with E-state index in [4.69, 9.17) is 23.3 Å². The van der Waals surface area contributed by atoms with E-state index in [1.807, 2.05) is 0 Å². The van der Waals surface area contributed by atoms with Crippen LogP contribution in [-0.4, -0.2) is 94.9 Å². The van der Waals surface area contributed by atoms with Crippen molar-refractivity contribution in [1.29, 1.82) is 0 Å². The zero-order valence-corrected chi connectivity index (χ0v) is 23.6. The van der Waals surface area contributed by atoms with Crippen LogP contribution in [0, 0.1) is 0 Å². The molecule has 13 nitrogen and oxygen atoms in total. The molecule has 40 heavy (non-hydrogen) atoms. The maximum atomic E-state index is 14.7. The summed E-state index contributed by atoms with van der Waals surface area (Å²) in [5.41, 5.74) is 0. The summed E-state index contributed by atoms with van der Waals surface area (Å²) in [6, 6.07) is 3.90. The van der Waals surface area contributed by atoms with Crippen LogP contribution in [0.15, 0.2) is 24.3 Å². The fourth-order valence-corrected chi connectivity index (χ4v) is 7.52. The number of amides is 1. The Kier molecular flexibility index (Phi) is 10.4. The van der Waals surface area contributed by atoms with E-state index in [2.05, 4.69) is 5.32 Å². The number of hydrogen-bond acceptors (Lipinski definition) is 11. The molecule has 224 valence electrons. The van der Waals surface area contributed by atoms with Gasteiger partial charge >= 0.3 is 13.7 Å². The van der Waals surface area contributed by atoms with Crippen molar-refractivity contribution in [2.45, 2.75) is 94.7 Å². The SMILES string of the molecule is COc1ccc(OP(=O)(O[C@H]2[C@H](O)[C@@H](CO)O[C@H](O)[C@@H]2NC(C)=O)N2CCC[C@H]2C(=O)OC2CCCCC2)cc1. The van der Waals surface area contributed by atoms with Crippen LogP contribution in [0.5, 0.6) is 11.5 Å². The first-order valence-corrected chi connectivity index (χ1v) is 15.1. The number of nitrogens with zero attached hydrogens (tertiary/aromatic N) is 1. The number of aliphatic hydroxyl groups excluding tert-OH is 3. The highest BCUT2D eigenvalue weighted by molar-refractivity contribution is 7.51. The van der Waals surface area contributed by atoms with Gasteiger partial charge in [0.25, 0.3) is 0 Å². The van der Waals surface area contributed by atoms with Crippen molar-refractivity contribution in [2.24, 2.45) is 0 Å². The zero-order valence-electron chi connectivity index (χ0n) is 22.7. The molecule has 1 aliphatic carbocycles. The molecule has 2 aliphatic heterocycles. The van der Waals surface area contributed by atoms with Gasteiger partial charge in [-0.3, -0.25) is 14.1 Å². The molecule has 7 atom stereocenters. The van der Waals surface area contributed by atoms with Gasteiger partial charge in [-0.1, -0.05) is 6.42 Å². The average molecular weight is 587 g/mol. The number of nitrogens with one attached hydrogen (secondary N) is 1. The predicted octanol–water partition coefficient (Wildman–Crippen LogP) is 1.48. The summed E-state index contributed by atoms with van der Waals surface area (Å²) in [6.07, 6.45) is -0.971. The maximum Gasteiger partial charge on any atom is 0.462 e. The van der Waals surface area contributed by atoms with Crippen LogP contribution >= 0.6 is 7.75 Å². The molecular weight excluding hydrogens is 547 g/mol. The number of ether oxygens (including phenoxy) is 3. The molecule has 0 spiro atoms. The van der Waals surface area contributed by atoms with Gasteiger partial charge in [-0.15, -0.1) is 0 Å². The smallest absolute Gasteiger partial charge is 0.462 e. The van der Waals surface area contributed by atoms with Crippen LogP contribution in [0.2, 0.25) is 0 Å². The van der Waals surface area contributed by atoms with Gasteiger partial charge in [-0.05, 0) is 62.8 Å². The molecular formula is C26H39N2O11P. The van der Waals surface area contributed by atoms with Gasteiger partial charge in [0.2, 0.25) is 5.91 Å². The van der Waals surface area contributed by atoms with Gasteiger partial charge in [0.1, 0.15) is 48.0 Å². The molecule has 0 radical (unpaired) electrons. The summed E-state index contributed by atoms with van der Waals surface area (Å²) in [5.74, 6) is -0.451. The van der Waals surface area contributed by atoms with Gasteiger partial charge in [0.05, 0.1) is 13.7 Å². The normalized spacial score (nSPS) is 31.2. The Balaban J connectivity index is 1.66. The largest absolute Gasteiger partial charge is 0.497 e. The van der Waals surface area contributed by atoms with Gasteiger partial charge in [-0.25, -0.2) is 4.57 Å². The third-order valence-corrected chi connectivity index (χ3v) is 9.48. The Bertz CT molecular complexity index is 1050. The number of hydrogen-bond donors (Lipinski definition) is 4. The van der Waals surface area contributed by atoms with Crippen LogP contribution in [0.3, 0.4) is 0 Å². The summed E-state index contributed by atoms with van der Waals surface area (Å²) < 4.78 is 44.2. The third kappa shape index (κ3) is 7.14. The highest BCUT2D eigenvalue weighted by Gasteiger charge is 2.54. The number of benzene rings is 1. The lowest BCUT2D eigenvalue weighted by atomic mass is 9.97. The molecule has 1 amide bonds. The van der Waals surface area contributed by atoms with E-state index in [1.165, 1.54) is 30.8 Å². The molecule has 4 rings (SSSR count). The lowest BCUT2D eigenvalue weighted by Crippen LogP contribution is -2.64. The standard InChI is InChI=1S/C26H39N2O11P/c1-16(30)27-22-24(23(31)21(15-29)37-26(22)33)39-40(34,38-19-12-10-17(35-2)11-13-19)28-14-6-9-20(28)25(32)36-18-7-4-3-5-8-18/h10-13,18,20-24,26,29,31,33H,3-9,14-15H2,1-2H3,(H,27,30)/t20-,21+,22+,23+,24+,26-,40?/m0/s1. The zero-order chi connectivity index (χ0) is 28.9. The monoisotopic (exact) mass is 586 g/mol. The third-order valence-electron chi connectivity index (χ3n) is 7.42. The lowest BCUT2D eigenvalue weighted by Gasteiger charge is -2.44. The fraction of sp³-hybridized carbons (Fsp3) is 0.692. The Hall–Kier alpha value is -2.25. The number of esters is 1. The fourth-order valence-electron chi connectivity index (χ4n) is 5.37. The Morgan fingerprint density at radius 3 is 2.38 bits per heavy atom. The molecule has 2 heterocycles. The Morgan fingerprint density at radius 2 is 1.75 bits per heavy atom. The second-order valence-electron chi connectivity index (χ2n) is 10.3. The topological polar surface area (TPSA) is 173 Å². The number of carbonyl (C=O) groups is 2. The summed E-state index contributed by atoms with van der Waals surface area (Å²) in [6.45, 7) is 0.669. The second kappa shape index (κ2) is 13.6. The molecule has 0 aromatic heterocycles. The highest BCUT2D eigenvalue weighted by atomic mass is 31.2. The first-order chi connectivity index (χ1) is 19.1. The summed E-state index contributed by atoms with van der Waals surface area (Å²) in [5, 5.41) is 33.7. The second-order valence-corrected chi connectivity index (χ2v) is 12.1. The van der Waals surface area contributed by atoms with Crippen molar-refractivity contribution in [2.75, 3.05) is 20.3 Å². The molecule has 2 saturated heterocycles. The summed E-state index contributed by atoms with van der Waals surface area (Å²) in [7, 11) is -3.00. The van der Waals surface area contributed by atoms with Crippen molar-refractivity contribution >= 4 is 19.6 Å². The molecule has 0 bridgehead atoms. The van der Waals surface area contributed by atoms with Crippen LogP contribution in [0.1, 0.15) is 51.9 Å². The average Bonchev–Trinajstić information content (AvgIpc) is 3.45. The van der Waals surface area contributed by atoms with E-state index in [9.17, 15) is 29.5 Å². The molecule has 1 aromatic carbocycles. The van der Waals surface area contributed by atoms with Crippen LogP contribution < -0.4 is 14.6 Å². The van der Waals surface area contributed by atoms with Gasteiger partial charge in [0, 0.05) is 13.5 Å². The molecule has 1 aromatic rings. The van der Waals surface area contributed by atoms with Crippen molar-refractivity contribution in [3.63, 3.8) is 0 Å². The van der Waals surface area contributed by atoms with Gasteiger partial charge in [-0.2, -0.15) is 4.67 Å². The molecule has 4 N–H and O–H groups in total. The first kappa shape index (κ1) is 30.7. The van der Waals surface area contributed by atoms with Crippen molar-refractivity contribution in [3.05, 3.63) is 24.3 Å². The van der Waals surface area contributed by atoms with Crippen LogP contribution in [-0.2, 0) is 28.2 Å². The molecule has 3 fully saturated rings. The minimum Gasteiger partial charge on any atom is -0.497 e. The Morgan fingerprint density at radius 1 is 1.07 bits per heavy atom. The van der Waals surface area contributed by atoms with Crippen molar-refractivity contribution in [1.82, 2.24) is 9.99 Å². The number of carbonyl (C=O) groups excluding carboxylic acids is 2. The molecule has 14 heteroatoms. The maximum absolute atomic E-state index is 14.7. The predicted molar refractivity (Wildman–Crippen MR) is 140 cm³/mol. The Labute approximate surface area is 233 Å². The molecule has 1 saturated carbocycles. The van der Waals surface area contributed by atoms with Crippen LogP contribution in [0.4, 0.5) is 0 Å². The number of rotatable bonds is 10. The lowest BCUT2D eigenvalue weighted by molar-refractivity contribution is -0.250. The summed E-state index contributed by atoms with van der Waals surface area (Å²) >= 11 is 0. The van der Waals surface area contributed by atoms with E-state index in [0.29, 0.717) is 18.6 Å². The van der Waals surface area contributed by atoms with Crippen LogP contribution in [0.25, 0.3) is 0 Å². The van der Waals surface area contributed by atoms with Gasteiger partial charge in [0.15, 0.2) is 6.29 Å².